The second-order valence-electron chi connectivity index (χ2n) is 5.92. The zero-order valence-electron chi connectivity index (χ0n) is 14.6. The van der Waals surface area contributed by atoms with Crippen LogP contribution in [-0.2, 0) is 33.3 Å². The topological polar surface area (TPSA) is 55.4 Å². The first-order valence-corrected chi connectivity index (χ1v) is 8.08. The summed E-state index contributed by atoms with van der Waals surface area (Å²) >= 11 is 0. The third kappa shape index (κ3) is 5.51. The highest BCUT2D eigenvalue weighted by atomic mass is 19.4. The summed E-state index contributed by atoms with van der Waals surface area (Å²) in [6.45, 7) is 0. The molecule has 9 heteroatoms. The molecule has 0 saturated heterocycles. The largest absolute Gasteiger partial charge is 0.467 e. The number of halogens is 5. The van der Waals surface area contributed by atoms with Gasteiger partial charge in [0.1, 0.15) is 17.7 Å². The minimum absolute atomic E-state index is 0.156. The lowest BCUT2D eigenvalue weighted by molar-refractivity contribution is -0.145. The Hall–Kier alpha value is -2.97. The number of hydrogen-bond donors (Lipinski definition) is 1. The molecule has 2 aromatic rings. The molecule has 0 bridgehead atoms. The average Bonchev–Trinajstić information content (AvgIpc) is 2.63. The highest BCUT2D eigenvalue weighted by Crippen LogP contribution is 2.29. The van der Waals surface area contributed by atoms with Gasteiger partial charge in [-0.3, -0.25) is 4.79 Å². The van der Waals surface area contributed by atoms with Crippen molar-refractivity contribution in [2.75, 3.05) is 7.11 Å². The number of amides is 1. The number of esters is 1. The molecule has 0 heterocycles. The van der Waals surface area contributed by atoms with Crippen molar-refractivity contribution in [2.45, 2.75) is 25.1 Å². The lowest BCUT2D eigenvalue weighted by Crippen LogP contribution is -2.43. The van der Waals surface area contributed by atoms with Gasteiger partial charge in [-0.25, -0.2) is 13.6 Å². The Labute approximate surface area is 157 Å². The molecule has 0 aliphatic heterocycles. The molecule has 0 aromatic heterocycles. The van der Waals surface area contributed by atoms with E-state index in [-0.39, 0.29) is 6.42 Å². The van der Waals surface area contributed by atoms with Gasteiger partial charge in [-0.15, -0.1) is 0 Å². The molecule has 150 valence electrons. The minimum Gasteiger partial charge on any atom is -0.467 e. The normalized spacial score (nSPS) is 12.4. The van der Waals surface area contributed by atoms with E-state index in [9.17, 15) is 31.5 Å². The molecule has 0 fully saturated rings. The van der Waals surface area contributed by atoms with E-state index in [1.54, 1.807) is 0 Å². The van der Waals surface area contributed by atoms with E-state index in [1.807, 2.05) is 0 Å². The number of benzene rings is 2. The van der Waals surface area contributed by atoms with Crippen molar-refractivity contribution in [2.24, 2.45) is 0 Å². The van der Waals surface area contributed by atoms with Crippen LogP contribution in [0, 0.1) is 11.6 Å². The van der Waals surface area contributed by atoms with Gasteiger partial charge in [-0.2, -0.15) is 13.2 Å². The molecule has 2 rings (SSSR count). The van der Waals surface area contributed by atoms with Crippen LogP contribution in [0.5, 0.6) is 0 Å². The van der Waals surface area contributed by atoms with Crippen LogP contribution in [-0.4, -0.2) is 25.0 Å². The van der Waals surface area contributed by atoms with Crippen LogP contribution in [0.1, 0.15) is 16.7 Å². The van der Waals surface area contributed by atoms with Crippen molar-refractivity contribution < 1.29 is 36.3 Å². The number of hydrogen-bond acceptors (Lipinski definition) is 3. The SMILES string of the molecule is COC(=O)[C@@H](Cc1ccc(C(F)(F)F)cc1)NC(=O)Cc1c(F)cccc1F. The van der Waals surface area contributed by atoms with Crippen LogP contribution in [0.3, 0.4) is 0 Å². The fourth-order valence-corrected chi connectivity index (χ4v) is 2.51. The summed E-state index contributed by atoms with van der Waals surface area (Å²) < 4.78 is 69.7. The Morgan fingerprint density at radius 2 is 1.61 bits per heavy atom. The van der Waals surface area contributed by atoms with E-state index in [1.165, 1.54) is 12.1 Å². The Bertz CT molecular complexity index is 829. The van der Waals surface area contributed by atoms with Gasteiger partial charge >= 0.3 is 12.1 Å². The van der Waals surface area contributed by atoms with E-state index in [2.05, 4.69) is 10.1 Å². The maximum Gasteiger partial charge on any atom is 0.416 e. The van der Waals surface area contributed by atoms with Crippen molar-refractivity contribution in [3.05, 3.63) is 70.8 Å². The first-order chi connectivity index (χ1) is 13.1. The van der Waals surface area contributed by atoms with Crippen molar-refractivity contribution in [1.82, 2.24) is 5.32 Å². The standard InChI is InChI=1S/C19H16F5NO3/c1-28-18(27)16(9-11-5-7-12(8-6-11)19(22,23)24)25-17(26)10-13-14(20)3-2-4-15(13)21/h2-8,16H,9-10H2,1H3,(H,25,26)/t16-/m1/s1. The molecule has 0 aliphatic rings. The van der Waals surface area contributed by atoms with Crippen molar-refractivity contribution >= 4 is 11.9 Å². The molecule has 0 aliphatic carbocycles. The zero-order chi connectivity index (χ0) is 20.9. The quantitative estimate of drug-likeness (QED) is 0.596. The smallest absolute Gasteiger partial charge is 0.416 e. The Kier molecular flexibility index (Phi) is 6.71. The third-order valence-corrected chi connectivity index (χ3v) is 3.94. The molecular weight excluding hydrogens is 385 g/mol. The summed E-state index contributed by atoms with van der Waals surface area (Å²) in [5.74, 6) is -3.51. The first kappa shape index (κ1) is 21.3. The fourth-order valence-electron chi connectivity index (χ4n) is 2.51. The molecule has 1 amide bonds. The molecule has 1 N–H and O–H groups in total. The fraction of sp³-hybridized carbons (Fsp3) is 0.263. The van der Waals surface area contributed by atoms with Crippen LogP contribution in [0.15, 0.2) is 42.5 Å². The second kappa shape index (κ2) is 8.81. The van der Waals surface area contributed by atoms with Gasteiger partial charge in [0, 0.05) is 12.0 Å². The molecule has 2 aromatic carbocycles. The lowest BCUT2D eigenvalue weighted by Gasteiger charge is -2.17. The van der Waals surface area contributed by atoms with Crippen molar-refractivity contribution in [3.8, 4) is 0 Å². The monoisotopic (exact) mass is 401 g/mol. The van der Waals surface area contributed by atoms with Crippen LogP contribution in [0.25, 0.3) is 0 Å². The van der Waals surface area contributed by atoms with E-state index in [0.717, 1.165) is 37.4 Å². The summed E-state index contributed by atoms with van der Waals surface area (Å²) in [7, 11) is 1.07. The van der Waals surface area contributed by atoms with E-state index in [0.29, 0.717) is 5.56 Å². The maximum absolute atomic E-state index is 13.7. The number of carbonyl (C=O) groups excluding carboxylic acids is 2. The summed E-state index contributed by atoms with van der Waals surface area (Å²) in [4.78, 5) is 24.0. The molecule has 28 heavy (non-hydrogen) atoms. The van der Waals surface area contributed by atoms with Crippen LogP contribution >= 0.6 is 0 Å². The van der Waals surface area contributed by atoms with E-state index >= 15 is 0 Å². The Morgan fingerprint density at radius 1 is 1.04 bits per heavy atom. The first-order valence-electron chi connectivity index (χ1n) is 8.08. The predicted octanol–water partition coefficient (Wildman–Crippen LogP) is 3.43. The van der Waals surface area contributed by atoms with Gasteiger partial charge in [0.2, 0.25) is 5.91 Å². The van der Waals surface area contributed by atoms with E-state index in [4.69, 9.17) is 0 Å². The summed E-state index contributed by atoms with van der Waals surface area (Å²) in [6, 6.07) is 5.93. The van der Waals surface area contributed by atoms with Gasteiger partial charge in [0.25, 0.3) is 0 Å². The zero-order valence-corrected chi connectivity index (χ0v) is 14.6. The van der Waals surface area contributed by atoms with Crippen LogP contribution in [0.4, 0.5) is 22.0 Å². The number of rotatable bonds is 6. The van der Waals surface area contributed by atoms with Crippen LogP contribution in [0.2, 0.25) is 0 Å². The van der Waals surface area contributed by atoms with Gasteiger partial charge < -0.3 is 10.1 Å². The molecule has 0 saturated carbocycles. The van der Waals surface area contributed by atoms with Gasteiger partial charge in [0.15, 0.2) is 0 Å². The third-order valence-electron chi connectivity index (χ3n) is 3.94. The number of ether oxygens (including phenoxy) is 1. The van der Waals surface area contributed by atoms with Gasteiger partial charge in [-0.05, 0) is 29.8 Å². The van der Waals surface area contributed by atoms with Crippen molar-refractivity contribution in [3.63, 3.8) is 0 Å². The average molecular weight is 401 g/mol. The molecule has 0 radical (unpaired) electrons. The highest BCUT2D eigenvalue weighted by molar-refractivity contribution is 5.85. The molecule has 0 spiro atoms. The van der Waals surface area contributed by atoms with Gasteiger partial charge in [-0.1, -0.05) is 18.2 Å². The molecule has 4 nitrogen and oxygen atoms in total. The van der Waals surface area contributed by atoms with Gasteiger partial charge in [0.05, 0.1) is 19.1 Å². The van der Waals surface area contributed by atoms with Crippen LogP contribution < -0.4 is 5.32 Å². The molecule has 0 unspecified atom stereocenters. The molecule has 1 atom stereocenters. The summed E-state index contributed by atoms with van der Waals surface area (Å²) in [5, 5.41) is 2.29. The Morgan fingerprint density at radius 3 is 2.11 bits per heavy atom. The summed E-state index contributed by atoms with van der Waals surface area (Å²) in [6.07, 6.45) is -5.31. The molecular formula is C19H16F5NO3. The summed E-state index contributed by atoms with van der Waals surface area (Å²) in [5.41, 5.74) is -0.983. The predicted molar refractivity (Wildman–Crippen MR) is 89.2 cm³/mol. The number of alkyl halides is 3. The second-order valence-corrected chi connectivity index (χ2v) is 5.92. The Balaban J connectivity index is 2.11. The van der Waals surface area contributed by atoms with E-state index < -0.39 is 53.3 Å². The highest BCUT2D eigenvalue weighted by Gasteiger charge is 2.30. The van der Waals surface area contributed by atoms with Crippen molar-refractivity contribution in [1.29, 1.82) is 0 Å². The number of nitrogens with one attached hydrogen (secondary N) is 1. The lowest BCUT2D eigenvalue weighted by atomic mass is 10.0. The maximum atomic E-state index is 13.7. The number of methoxy groups -OCH3 is 1. The number of carbonyl (C=O) groups is 2. The minimum atomic E-state index is -4.50.